The molecule has 1 saturated heterocycles. The Hall–Kier alpha value is -2.21. The van der Waals surface area contributed by atoms with E-state index in [0.717, 1.165) is 29.5 Å². The molecule has 2 aromatic rings. The van der Waals surface area contributed by atoms with Crippen molar-refractivity contribution in [3.8, 4) is 11.8 Å². The first-order valence-corrected chi connectivity index (χ1v) is 6.70. The average Bonchev–Trinajstić information content (AvgIpc) is 2.47. The molecule has 0 amide bonds. The molecule has 0 unspecified atom stereocenters. The van der Waals surface area contributed by atoms with Crippen LogP contribution in [0.25, 0.3) is 10.8 Å². The molecule has 2 aromatic carbocycles. The van der Waals surface area contributed by atoms with Gasteiger partial charge < -0.3 is 10.0 Å². The average molecular weight is 252 g/mol. The van der Waals surface area contributed by atoms with Crippen molar-refractivity contribution in [1.29, 1.82) is 5.26 Å². The highest BCUT2D eigenvalue weighted by atomic mass is 16.3. The lowest BCUT2D eigenvalue weighted by Gasteiger charge is -2.30. The molecule has 0 spiro atoms. The first kappa shape index (κ1) is 11.9. The molecular formula is C16H16N2O. The number of benzene rings is 2. The Balaban J connectivity index is 2.16. The Kier molecular flexibility index (Phi) is 3.00. The number of hydrogen-bond acceptors (Lipinski definition) is 3. The van der Waals surface area contributed by atoms with Crippen molar-refractivity contribution in [2.75, 3.05) is 18.0 Å². The van der Waals surface area contributed by atoms with E-state index in [4.69, 9.17) is 5.26 Å². The lowest BCUT2D eigenvalue weighted by atomic mass is 10.0. The zero-order valence-corrected chi connectivity index (χ0v) is 10.8. The number of piperidine rings is 1. The van der Waals surface area contributed by atoms with E-state index in [0.29, 0.717) is 11.3 Å². The molecule has 0 radical (unpaired) electrons. The molecule has 96 valence electrons. The molecule has 1 aliphatic heterocycles. The van der Waals surface area contributed by atoms with Crippen LogP contribution in [0.2, 0.25) is 0 Å². The van der Waals surface area contributed by atoms with E-state index in [-0.39, 0.29) is 0 Å². The van der Waals surface area contributed by atoms with Crippen LogP contribution in [0.4, 0.5) is 5.69 Å². The van der Waals surface area contributed by atoms with Gasteiger partial charge in [-0.1, -0.05) is 12.1 Å². The third-order valence-electron chi connectivity index (χ3n) is 3.77. The van der Waals surface area contributed by atoms with Crippen LogP contribution in [-0.4, -0.2) is 18.2 Å². The van der Waals surface area contributed by atoms with Crippen LogP contribution in [0, 0.1) is 11.3 Å². The van der Waals surface area contributed by atoms with Gasteiger partial charge in [-0.2, -0.15) is 5.26 Å². The minimum atomic E-state index is 0.333. The topological polar surface area (TPSA) is 47.3 Å². The van der Waals surface area contributed by atoms with Crippen molar-refractivity contribution in [3.05, 3.63) is 35.9 Å². The predicted molar refractivity (Wildman–Crippen MR) is 76.4 cm³/mol. The molecule has 0 aromatic heterocycles. The smallest absolute Gasteiger partial charge is 0.139 e. The van der Waals surface area contributed by atoms with Crippen LogP contribution in [0.15, 0.2) is 30.3 Å². The largest absolute Gasteiger partial charge is 0.506 e. The maximum atomic E-state index is 10.2. The normalized spacial score (nSPS) is 15.4. The van der Waals surface area contributed by atoms with Gasteiger partial charge in [0.05, 0.1) is 17.3 Å². The Morgan fingerprint density at radius 2 is 1.84 bits per heavy atom. The minimum Gasteiger partial charge on any atom is -0.506 e. The maximum absolute atomic E-state index is 10.2. The number of nitrogens with zero attached hydrogens (tertiary/aromatic N) is 2. The molecule has 1 aliphatic rings. The van der Waals surface area contributed by atoms with Crippen molar-refractivity contribution in [1.82, 2.24) is 0 Å². The van der Waals surface area contributed by atoms with Crippen molar-refractivity contribution in [2.24, 2.45) is 0 Å². The van der Waals surface area contributed by atoms with Gasteiger partial charge in [0.25, 0.3) is 0 Å². The van der Waals surface area contributed by atoms with Gasteiger partial charge >= 0.3 is 0 Å². The summed E-state index contributed by atoms with van der Waals surface area (Å²) in [6.07, 6.45) is 3.61. The Morgan fingerprint density at radius 1 is 1.05 bits per heavy atom. The highest BCUT2D eigenvalue weighted by Gasteiger charge is 2.17. The SMILES string of the molecule is N#Cc1ccc2c(N3CCCCC3)c(O)ccc2c1. The van der Waals surface area contributed by atoms with Gasteiger partial charge in [-0.15, -0.1) is 0 Å². The third-order valence-corrected chi connectivity index (χ3v) is 3.77. The summed E-state index contributed by atoms with van der Waals surface area (Å²) >= 11 is 0. The Bertz CT molecular complexity index is 652. The van der Waals surface area contributed by atoms with Crippen LogP contribution >= 0.6 is 0 Å². The van der Waals surface area contributed by atoms with E-state index in [1.807, 2.05) is 24.3 Å². The third kappa shape index (κ3) is 2.10. The summed E-state index contributed by atoms with van der Waals surface area (Å²) in [5, 5.41) is 21.2. The van der Waals surface area contributed by atoms with Crippen molar-refractivity contribution >= 4 is 16.5 Å². The summed E-state index contributed by atoms with van der Waals surface area (Å²) in [5.41, 5.74) is 1.57. The number of fused-ring (bicyclic) bond motifs is 1. The summed E-state index contributed by atoms with van der Waals surface area (Å²) in [4.78, 5) is 2.26. The predicted octanol–water partition coefficient (Wildman–Crippen LogP) is 3.41. The van der Waals surface area contributed by atoms with Crippen LogP contribution in [-0.2, 0) is 0 Å². The van der Waals surface area contributed by atoms with E-state index in [1.165, 1.54) is 19.3 Å². The Labute approximate surface area is 112 Å². The second-order valence-electron chi connectivity index (χ2n) is 5.03. The molecule has 19 heavy (non-hydrogen) atoms. The number of phenols is 1. The van der Waals surface area contributed by atoms with Crippen molar-refractivity contribution in [3.63, 3.8) is 0 Å². The first-order chi connectivity index (χ1) is 9.29. The molecule has 1 heterocycles. The molecule has 1 fully saturated rings. The zero-order chi connectivity index (χ0) is 13.2. The number of hydrogen-bond donors (Lipinski definition) is 1. The van der Waals surface area contributed by atoms with Gasteiger partial charge in [0, 0.05) is 18.5 Å². The number of aromatic hydroxyl groups is 1. The van der Waals surface area contributed by atoms with Crippen LogP contribution in [0.3, 0.4) is 0 Å². The molecule has 3 nitrogen and oxygen atoms in total. The summed E-state index contributed by atoms with van der Waals surface area (Å²) in [6, 6.07) is 11.4. The molecular weight excluding hydrogens is 236 g/mol. The second kappa shape index (κ2) is 4.81. The summed E-state index contributed by atoms with van der Waals surface area (Å²) in [5.74, 6) is 0.333. The zero-order valence-electron chi connectivity index (χ0n) is 10.8. The monoisotopic (exact) mass is 252 g/mol. The van der Waals surface area contributed by atoms with Gasteiger partial charge in [-0.25, -0.2) is 0 Å². The van der Waals surface area contributed by atoms with Gasteiger partial charge in [-0.05, 0) is 42.8 Å². The molecule has 0 saturated carbocycles. The van der Waals surface area contributed by atoms with Crippen molar-refractivity contribution in [2.45, 2.75) is 19.3 Å². The van der Waals surface area contributed by atoms with Crippen LogP contribution in [0.1, 0.15) is 24.8 Å². The van der Waals surface area contributed by atoms with Gasteiger partial charge in [0.1, 0.15) is 5.75 Å². The lowest BCUT2D eigenvalue weighted by Crippen LogP contribution is -2.29. The molecule has 0 atom stereocenters. The highest BCUT2D eigenvalue weighted by molar-refractivity contribution is 5.98. The number of anilines is 1. The van der Waals surface area contributed by atoms with Crippen molar-refractivity contribution < 1.29 is 5.11 Å². The summed E-state index contributed by atoms with van der Waals surface area (Å²) in [6.45, 7) is 1.99. The number of nitriles is 1. The Morgan fingerprint density at radius 3 is 2.58 bits per heavy atom. The molecule has 0 bridgehead atoms. The first-order valence-electron chi connectivity index (χ1n) is 6.70. The second-order valence-corrected chi connectivity index (χ2v) is 5.03. The van der Waals surface area contributed by atoms with E-state index in [2.05, 4.69) is 11.0 Å². The quantitative estimate of drug-likeness (QED) is 0.846. The maximum Gasteiger partial charge on any atom is 0.139 e. The molecule has 3 heteroatoms. The van der Waals surface area contributed by atoms with E-state index >= 15 is 0 Å². The number of phenolic OH excluding ortho intramolecular Hbond substituents is 1. The van der Waals surface area contributed by atoms with Crippen LogP contribution in [0.5, 0.6) is 5.75 Å². The standard InChI is InChI=1S/C16H16N2O/c17-11-12-4-6-14-13(10-12)5-7-15(19)16(14)18-8-2-1-3-9-18/h4-7,10,19H,1-3,8-9H2. The molecule has 3 rings (SSSR count). The van der Waals surface area contributed by atoms with Gasteiger partial charge in [-0.3, -0.25) is 0 Å². The fourth-order valence-electron chi connectivity index (χ4n) is 2.82. The van der Waals surface area contributed by atoms with Gasteiger partial charge in [0.2, 0.25) is 0 Å². The molecule has 1 N–H and O–H groups in total. The van der Waals surface area contributed by atoms with Gasteiger partial charge in [0.15, 0.2) is 0 Å². The van der Waals surface area contributed by atoms with E-state index in [1.54, 1.807) is 6.07 Å². The molecule has 0 aliphatic carbocycles. The van der Waals surface area contributed by atoms with E-state index < -0.39 is 0 Å². The fraction of sp³-hybridized carbons (Fsp3) is 0.312. The van der Waals surface area contributed by atoms with E-state index in [9.17, 15) is 5.11 Å². The summed E-state index contributed by atoms with van der Waals surface area (Å²) in [7, 11) is 0. The number of rotatable bonds is 1. The van der Waals surface area contributed by atoms with Crippen LogP contribution < -0.4 is 4.90 Å². The highest BCUT2D eigenvalue weighted by Crippen LogP contribution is 2.37. The fourth-order valence-corrected chi connectivity index (χ4v) is 2.82. The summed E-state index contributed by atoms with van der Waals surface area (Å²) < 4.78 is 0. The lowest BCUT2D eigenvalue weighted by molar-refractivity contribution is 0.470. The minimum absolute atomic E-state index is 0.333.